The van der Waals surface area contributed by atoms with Gasteiger partial charge in [0.25, 0.3) is 0 Å². The van der Waals surface area contributed by atoms with Gasteiger partial charge in [-0.25, -0.2) is 9.78 Å². The Labute approximate surface area is 170 Å². The standard InChI is InChI=1S/C20H15Cl2FN2O3/c1-3-25-10(2)16(11-6-7-24-15(23)9-11)19(26)17(20(27)28)18(25)12-4-5-13(21)14(22)8-12/h4-9H,3H2,1-2H3,(H,27,28). The Morgan fingerprint density at radius 2 is 1.89 bits per heavy atom. The number of halogens is 3. The molecule has 2 aromatic heterocycles. The Balaban J connectivity index is 2.46. The zero-order chi connectivity index (χ0) is 20.6. The van der Waals surface area contributed by atoms with E-state index in [2.05, 4.69) is 4.98 Å². The largest absolute Gasteiger partial charge is 0.477 e. The molecule has 0 fully saturated rings. The summed E-state index contributed by atoms with van der Waals surface area (Å²) in [5, 5.41) is 10.4. The summed E-state index contributed by atoms with van der Waals surface area (Å²) < 4.78 is 15.3. The molecule has 0 aliphatic rings. The van der Waals surface area contributed by atoms with Gasteiger partial charge in [0.15, 0.2) is 0 Å². The molecule has 3 aromatic rings. The van der Waals surface area contributed by atoms with E-state index < -0.39 is 22.9 Å². The van der Waals surface area contributed by atoms with Crippen LogP contribution in [-0.2, 0) is 6.54 Å². The van der Waals surface area contributed by atoms with Crippen molar-refractivity contribution in [2.75, 3.05) is 0 Å². The lowest BCUT2D eigenvalue weighted by Gasteiger charge is -2.21. The first kappa shape index (κ1) is 20.0. The lowest BCUT2D eigenvalue weighted by molar-refractivity contribution is 0.0695. The number of aromatic nitrogens is 2. The van der Waals surface area contributed by atoms with E-state index in [1.165, 1.54) is 24.4 Å². The van der Waals surface area contributed by atoms with Crippen LogP contribution in [0.25, 0.3) is 22.4 Å². The minimum atomic E-state index is -1.39. The Hall–Kier alpha value is -2.70. The second-order valence-electron chi connectivity index (χ2n) is 6.06. The molecule has 0 saturated carbocycles. The van der Waals surface area contributed by atoms with E-state index in [4.69, 9.17) is 23.2 Å². The Morgan fingerprint density at radius 1 is 1.18 bits per heavy atom. The van der Waals surface area contributed by atoms with E-state index in [0.29, 0.717) is 22.8 Å². The predicted molar refractivity (Wildman–Crippen MR) is 107 cm³/mol. The van der Waals surface area contributed by atoms with Crippen LogP contribution in [0.15, 0.2) is 41.3 Å². The van der Waals surface area contributed by atoms with Gasteiger partial charge in [0.05, 0.1) is 15.7 Å². The number of rotatable bonds is 4. The fourth-order valence-electron chi connectivity index (χ4n) is 3.27. The summed E-state index contributed by atoms with van der Waals surface area (Å²) >= 11 is 12.1. The van der Waals surface area contributed by atoms with Gasteiger partial charge in [-0.2, -0.15) is 4.39 Å². The predicted octanol–water partition coefficient (Wildman–Crippen LogP) is 5.05. The molecule has 0 unspecified atom stereocenters. The van der Waals surface area contributed by atoms with E-state index >= 15 is 0 Å². The molecule has 0 aliphatic heterocycles. The number of carbonyl (C=O) groups is 1. The molecule has 0 spiro atoms. The number of nitrogens with zero attached hydrogens (tertiary/aromatic N) is 2. The Kier molecular flexibility index (Phi) is 5.54. The topological polar surface area (TPSA) is 72.2 Å². The van der Waals surface area contributed by atoms with Crippen molar-refractivity contribution in [2.24, 2.45) is 0 Å². The molecule has 144 valence electrons. The van der Waals surface area contributed by atoms with Gasteiger partial charge in [0, 0.05) is 35.6 Å². The Morgan fingerprint density at radius 3 is 2.46 bits per heavy atom. The minimum Gasteiger partial charge on any atom is -0.477 e. The summed E-state index contributed by atoms with van der Waals surface area (Å²) in [6.07, 6.45) is 1.23. The summed E-state index contributed by atoms with van der Waals surface area (Å²) in [6.45, 7) is 3.88. The summed E-state index contributed by atoms with van der Waals surface area (Å²) in [4.78, 5) is 28.7. The number of carboxylic acid groups (broad SMARTS) is 1. The van der Waals surface area contributed by atoms with Gasteiger partial charge in [-0.1, -0.05) is 29.3 Å². The molecule has 1 aromatic carbocycles. The highest BCUT2D eigenvalue weighted by Gasteiger charge is 2.26. The van der Waals surface area contributed by atoms with Crippen LogP contribution in [0.1, 0.15) is 23.0 Å². The van der Waals surface area contributed by atoms with Gasteiger partial charge in [-0.05, 0) is 37.6 Å². The number of pyridine rings is 2. The fraction of sp³-hybridized carbons (Fsp3) is 0.150. The average molecular weight is 421 g/mol. The first-order chi connectivity index (χ1) is 13.3. The molecular weight excluding hydrogens is 406 g/mol. The van der Waals surface area contributed by atoms with Crippen molar-refractivity contribution < 1.29 is 14.3 Å². The van der Waals surface area contributed by atoms with E-state index in [-0.39, 0.29) is 21.8 Å². The van der Waals surface area contributed by atoms with Crippen molar-refractivity contribution in [3.05, 3.63) is 74.0 Å². The third-order valence-corrected chi connectivity index (χ3v) is 5.20. The Bertz CT molecular complexity index is 1160. The SMILES string of the molecule is CCn1c(C)c(-c2ccnc(F)c2)c(=O)c(C(=O)O)c1-c1ccc(Cl)c(Cl)c1. The van der Waals surface area contributed by atoms with Gasteiger partial charge < -0.3 is 9.67 Å². The zero-order valence-electron chi connectivity index (χ0n) is 15.0. The fourth-order valence-corrected chi connectivity index (χ4v) is 3.57. The molecule has 8 heteroatoms. The average Bonchev–Trinajstić information content (AvgIpc) is 2.63. The third-order valence-electron chi connectivity index (χ3n) is 4.47. The maximum Gasteiger partial charge on any atom is 0.341 e. The van der Waals surface area contributed by atoms with Gasteiger partial charge in [-0.3, -0.25) is 4.79 Å². The van der Waals surface area contributed by atoms with Crippen molar-refractivity contribution >= 4 is 29.2 Å². The van der Waals surface area contributed by atoms with Crippen LogP contribution in [-0.4, -0.2) is 20.6 Å². The van der Waals surface area contributed by atoms with E-state index in [1.807, 2.05) is 6.92 Å². The van der Waals surface area contributed by atoms with Crippen molar-refractivity contribution in [1.29, 1.82) is 0 Å². The zero-order valence-corrected chi connectivity index (χ0v) is 16.5. The third kappa shape index (κ3) is 3.41. The molecule has 5 nitrogen and oxygen atoms in total. The van der Waals surface area contributed by atoms with Crippen LogP contribution < -0.4 is 5.43 Å². The van der Waals surface area contributed by atoms with Gasteiger partial charge in [-0.15, -0.1) is 0 Å². The van der Waals surface area contributed by atoms with Crippen LogP contribution in [0.5, 0.6) is 0 Å². The molecule has 0 bridgehead atoms. The van der Waals surface area contributed by atoms with Crippen LogP contribution in [0.2, 0.25) is 10.0 Å². The normalized spacial score (nSPS) is 10.9. The molecular formula is C20H15Cl2FN2O3. The quantitative estimate of drug-likeness (QED) is 0.599. The molecule has 0 aliphatic carbocycles. The van der Waals surface area contributed by atoms with Gasteiger partial charge >= 0.3 is 5.97 Å². The van der Waals surface area contributed by atoms with Crippen LogP contribution in [0, 0.1) is 12.9 Å². The molecule has 3 rings (SSSR count). The smallest absolute Gasteiger partial charge is 0.341 e. The van der Waals surface area contributed by atoms with Crippen molar-refractivity contribution in [3.8, 4) is 22.4 Å². The van der Waals surface area contributed by atoms with Crippen molar-refractivity contribution in [3.63, 3.8) is 0 Å². The highest BCUT2D eigenvalue weighted by atomic mass is 35.5. The van der Waals surface area contributed by atoms with Crippen LogP contribution in [0.4, 0.5) is 4.39 Å². The monoisotopic (exact) mass is 420 g/mol. The van der Waals surface area contributed by atoms with E-state index in [1.54, 1.807) is 17.6 Å². The summed E-state index contributed by atoms with van der Waals surface area (Å²) in [6, 6.07) is 7.23. The second kappa shape index (κ2) is 7.73. The number of carboxylic acids is 1. The molecule has 0 radical (unpaired) electrons. The molecule has 28 heavy (non-hydrogen) atoms. The maximum atomic E-state index is 13.6. The maximum absolute atomic E-state index is 13.6. The van der Waals surface area contributed by atoms with Crippen LogP contribution >= 0.6 is 23.2 Å². The summed E-state index contributed by atoms with van der Waals surface area (Å²) in [5.74, 6) is -2.14. The first-order valence-electron chi connectivity index (χ1n) is 8.34. The molecule has 0 atom stereocenters. The number of hydrogen-bond donors (Lipinski definition) is 1. The highest BCUT2D eigenvalue weighted by Crippen LogP contribution is 2.33. The molecule has 0 amide bonds. The van der Waals surface area contributed by atoms with E-state index in [0.717, 1.165) is 6.07 Å². The first-order valence-corrected chi connectivity index (χ1v) is 9.09. The number of benzene rings is 1. The van der Waals surface area contributed by atoms with Crippen molar-refractivity contribution in [2.45, 2.75) is 20.4 Å². The minimum absolute atomic E-state index is 0.115. The molecule has 1 N–H and O–H groups in total. The van der Waals surface area contributed by atoms with Gasteiger partial charge in [0.2, 0.25) is 11.4 Å². The number of aromatic carboxylic acids is 1. The second-order valence-corrected chi connectivity index (χ2v) is 6.87. The molecule has 0 saturated heterocycles. The highest BCUT2D eigenvalue weighted by molar-refractivity contribution is 6.42. The van der Waals surface area contributed by atoms with Crippen molar-refractivity contribution in [1.82, 2.24) is 9.55 Å². The lowest BCUT2D eigenvalue weighted by Crippen LogP contribution is -2.25. The van der Waals surface area contributed by atoms with Gasteiger partial charge in [0.1, 0.15) is 5.56 Å². The summed E-state index contributed by atoms with van der Waals surface area (Å²) in [5.41, 5.74) is 0.420. The van der Waals surface area contributed by atoms with Crippen LogP contribution in [0.3, 0.4) is 0 Å². The lowest BCUT2D eigenvalue weighted by atomic mass is 9.96. The van der Waals surface area contributed by atoms with E-state index in [9.17, 15) is 19.1 Å². The number of hydrogen-bond acceptors (Lipinski definition) is 3. The summed E-state index contributed by atoms with van der Waals surface area (Å²) in [7, 11) is 0. The molecule has 2 heterocycles.